The van der Waals surface area contributed by atoms with Crippen molar-refractivity contribution in [1.82, 2.24) is 0 Å². The molecule has 0 radical (unpaired) electrons. The summed E-state index contributed by atoms with van der Waals surface area (Å²) in [4.78, 5) is 0. The van der Waals surface area contributed by atoms with Crippen molar-refractivity contribution in [2.45, 2.75) is 6.61 Å². The summed E-state index contributed by atoms with van der Waals surface area (Å²) < 4.78 is 18.8. The van der Waals surface area contributed by atoms with Crippen LogP contribution >= 0.6 is 23.2 Å². The van der Waals surface area contributed by atoms with Crippen molar-refractivity contribution in [3.05, 3.63) is 63.4 Å². The summed E-state index contributed by atoms with van der Waals surface area (Å²) >= 11 is 11.8. The number of hydrogen-bond donors (Lipinski definition) is 0. The lowest BCUT2D eigenvalue weighted by Gasteiger charge is -2.08. The van der Waals surface area contributed by atoms with Crippen LogP contribution in [-0.4, -0.2) is 0 Å². The third-order valence-corrected chi connectivity index (χ3v) is 3.07. The van der Waals surface area contributed by atoms with Gasteiger partial charge in [-0.25, -0.2) is 4.39 Å². The van der Waals surface area contributed by atoms with Gasteiger partial charge in [0.05, 0.1) is 5.56 Å². The summed E-state index contributed by atoms with van der Waals surface area (Å²) in [6, 6.07) is 10.8. The highest BCUT2D eigenvalue weighted by atomic mass is 35.5. The maximum atomic E-state index is 13.4. The zero-order valence-corrected chi connectivity index (χ0v) is 11.2. The van der Waals surface area contributed by atoms with Crippen LogP contribution < -0.4 is 4.74 Å². The number of rotatable bonds is 3. The first-order chi connectivity index (χ1) is 9.10. The van der Waals surface area contributed by atoms with Crippen LogP contribution in [0.5, 0.6) is 5.75 Å². The predicted octanol–water partition coefficient (Wildman–Crippen LogP) is 4.58. The van der Waals surface area contributed by atoms with Crippen LogP contribution in [0.4, 0.5) is 4.39 Å². The molecule has 0 heterocycles. The van der Waals surface area contributed by atoms with Crippen molar-refractivity contribution >= 4 is 23.2 Å². The fourth-order valence-corrected chi connectivity index (χ4v) is 1.86. The second-order valence-corrected chi connectivity index (χ2v) is 4.62. The van der Waals surface area contributed by atoms with E-state index >= 15 is 0 Å². The number of benzene rings is 2. The Labute approximate surface area is 119 Å². The van der Waals surface area contributed by atoms with Crippen molar-refractivity contribution in [1.29, 1.82) is 5.26 Å². The number of nitriles is 1. The zero-order chi connectivity index (χ0) is 13.8. The van der Waals surface area contributed by atoms with Crippen LogP contribution in [0.1, 0.15) is 11.1 Å². The molecule has 0 aliphatic heterocycles. The Balaban J connectivity index is 2.13. The van der Waals surface area contributed by atoms with E-state index in [1.165, 1.54) is 12.1 Å². The third-order valence-electron chi connectivity index (χ3n) is 2.46. The first kappa shape index (κ1) is 13.7. The van der Waals surface area contributed by atoms with Gasteiger partial charge in [0.15, 0.2) is 0 Å². The van der Waals surface area contributed by atoms with Gasteiger partial charge in [-0.05, 0) is 30.3 Å². The van der Waals surface area contributed by atoms with Gasteiger partial charge in [-0.1, -0.05) is 23.2 Å². The van der Waals surface area contributed by atoms with E-state index in [0.29, 0.717) is 21.4 Å². The van der Waals surface area contributed by atoms with Crippen molar-refractivity contribution in [3.8, 4) is 11.8 Å². The molecule has 0 aliphatic rings. The van der Waals surface area contributed by atoms with Gasteiger partial charge in [-0.2, -0.15) is 5.26 Å². The molecule has 0 aliphatic carbocycles. The largest absolute Gasteiger partial charge is 0.489 e. The van der Waals surface area contributed by atoms with E-state index in [4.69, 9.17) is 33.2 Å². The monoisotopic (exact) mass is 295 g/mol. The van der Waals surface area contributed by atoms with Crippen LogP contribution in [0.25, 0.3) is 0 Å². The van der Waals surface area contributed by atoms with E-state index in [-0.39, 0.29) is 12.2 Å². The Kier molecular flexibility index (Phi) is 4.26. The van der Waals surface area contributed by atoms with Crippen molar-refractivity contribution in [2.75, 3.05) is 0 Å². The average Bonchev–Trinajstić information content (AvgIpc) is 2.40. The highest BCUT2D eigenvalue weighted by Crippen LogP contribution is 2.23. The quantitative estimate of drug-likeness (QED) is 0.830. The van der Waals surface area contributed by atoms with Gasteiger partial charge in [0.1, 0.15) is 24.2 Å². The fraction of sp³-hybridized carbons (Fsp3) is 0.0714. The molecule has 96 valence electrons. The molecule has 0 bridgehead atoms. The molecule has 0 spiro atoms. The number of halogens is 3. The lowest BCUT2D eigenvalue weighted by Crippen LogP contribution is -1.97. The minimum Gasteiger partial charge on any atom is -0.489 e. The maximum absolute atomic E-state index is 13.4. The van der Waals surface area contributed by atoms with E-state index in [2.05, 4.69) is 0 Å². The standard InChI is InChI=1S/C14H8Cl2FNO/c15-11-2-4-13(16)10(5-11)8-19-12-3-1-9(7-18)14(17)6-12/h1-6H,8H2. The smallest absolute Gasteiger partial charge is 0.144 e. The summed E-state index contributed by atoms with van der Waals surface area (Å²) in [7, 11) is 0. The van der Waals surface area contributed by atoms with E-state index in [1.807, 2.05) is 0 Å². The third kappa shape index (κ3) is 3.37. The Morgan fingerprint density at radius 2 is 1.95 bits per heavy atom. The first-order valence-electron chi connectivity index (χ1n) is 5.36. The molecular weight excluding hydrogens is 288 g/mol. The molecule has 0 saturated carbocycles. The number of nitrogens with zero attached hydrogens (tertiary/aromatic N) is 1. The molecule has 0 fully saturated rings. The van der Waals surface area contributed by atoms with Crippen LogP contribution in [0.3, 0.4) is 0 Å². The van der Waals surface area contributed by atoms with Crippen molar-refractivity contribution < 1.29 is 9.13 Å². The molecule has 0 N–H and O–H groups in total. The van der Waals surface area contributed by atoms with Gasteiger partial charge in [0.2, 0.25) is 0 Å². The Morgan fingerprint density at radius 3 is 2.63 bits per heavy atom. The minimum absolute atomic E-state index is 0.0202. The van der Waals surface area contributed by atoms with E-state index in [0.717, 1.165) is 6.07 Å². The molecule has 2 rings (SSSR count). The van der Waals surface area contributed by atoms with Crippen LogP contribution in [0.2, 0.25) is 10.0 Å². The zero-order valence-electron chi connectivity index (χ0n) is 9.66. The van der Waals surface area contributed by atoms with E-state index in [1.54, 1.807) is 24.3 Å². The van der Waals surface area contributed by atoms with E-state index < -0.39 is 5.82 Å². The van der Waals surface area contributed by atoms with Gasteiger partial charge < -0.3 is 4.74 Å². The molecule has 2 aromatic carbocycles. The molecule has 2 aromatic rings. The second-order valence-electron chi connectivity index (χ2n) is 3.78. The lowest BCUT2D eigenvalue weighted by atomic mass is 10.2. The van der Waals surface area contributed by atoms with E-state index in [9.17, 15) is 4.39 Å². The van der Waals surface area contributed by atoms with Gasteiger partial charge in [0, 0.05) is 21.7 Å². The highest BCUT2D eigenvalue weighted by molar-refractivity contribution is 6.33. The highest BCUT2D eigenvalue weighted by Gasteiger charge is 2.06. The Morgan fingerprint density at radius 1 is 1.16 bits per heavy atom. The van der Waals surface area contributed by atoms with Crippen molar-refractivity contribution in [3.63, 3.8) is 0 Å². The minimum atomic E-state index is -0.614. The van der Waals surface area contributed by atoms with Crippen LogP contribution in [-0.2, 0) is 6.61 Å². The predicted molar refractivity (Wildman–Crippen MR) is 71.9 cm³/mol. The molecule has 0 amide bonds. The summed E-state index contributed by atoms with van der Waals surface area (Å²) in [5.41, 5.74) is 0.687. The molecule has 19 heavy (non-hydrogen) atoms. The topological polar surface area (TPSA) is 33.0 Å². The van der Waals surface area contributed by atoms with Crippen LogP contribution in [0, 0.1) is 17.1 Å². The second kappa shape index (κ2) is 5.92. The fourth-order valence-electron chi connectivity index (χ4n) is 1.49. The average molecular weight is 296 g/mol. The normalized spacial score (nSPS) is 10.0. The van der Waals surface area contributed by atoms with Gasteiger partial charge in [0.25, 0.3) is 0 Å². The molecule has 0 unspecified atom stereocenters. The molecule has 2 nitrogen and oxygen atoms in total. The summed E-state index contributed by atoms with van der Waals surface area (Å²) in [5.74, 6) is -0.287. The molecule has 5 heteroatoms. The number of ether oxygens (including phenoxy) is 1. The van der Waals surface area contributed by atoms with Gasteiger partial charge in [-0.15, -0.1) is 0 Å². The molecular formula is C14H8Cl2FNO. The Hall–Kier alpha value is -1.76. The van der Waals surface area contributed by atoms with Crippen molar-refractivity contribution in [2.24, 2.45) is 0 Å². The maximum Gasteiger partial charge on any atom is 0.144 e. The summed E-state index contributed by atoms with van der Waals surface area (Å²) in [6.45, 7) is 0.171. The van der Waals surface area contributed by atoms with Gasteiger partial charge in [-0.3, -0.25) is 0 Å². The van der Waals surface area contributed by atoms with Gasteiger partial charge >= 0.3 is 0 Å². The van der Waals surface area contributed by atoms with Crippen LogP contribution in [0.15, 0.2) is 36.4 Å². The molecule has 0 saturated heterocycles. The SMILES string of the molecule is N#Cc1ccc(OCc2cc(Cl)ccc2Cl)cc1F. The summed E-state index contributed by atoms with van der Waals surface area (Å²) in [5, 5.41) is 9.70. The number of hydrogen-bond acceptors (Lipinski definition) is 2. The lowest BCUT2D eigenvalue weighted by molar-refractivity contribution is 0.304. The Bertz CT molecular complexity index is 652. The first-order valence-corrected chi connectivity index (χ1v) is 6.12. The molecule has 0 aromatic heterocycles. The molecule has 0 atom stereocenters. The summed E-state index contributed by atoms with van der Waals surface area (Å²) in [6.07, 6.45) is 0.